The van der Waals surface area contributed by atoms with Gasteiger partial charge in [0.1, 0.15) is 0 Å². The third-order valence-corrected chi connectivity index (χ3v) is 4.38. The van der Waals surface area contributed by atoms with E-state index < -0.39 is 17.4 Å². The molecule has 0 fully saturated rings. The zero-order valence-corrected chi connectivity index (χ0v) is 13.8. The van der Waals surface area contributed by atoms with Crippen molar-refractivity contribution < 1.29 is 19.2 Å². The van der Waals surface area contributed by atoms with Gasteiger partial charge >= 0.3 is 5.97 Å². The molecule has 0 radical (unpaired) electrons. The first-order chi connectivity index (χ1) is 10.4. The molecule has 22 heavy (non-hydrogen) atoms. The van der Waals surface area contributed by atoms with Gasteiger partial charge in [-0.05, 0) is 25.7 Å². The van der Waals surface area contributed by atoms with Crippen LogP contribution in [0.15, 0.2) is 10.6 Å². The number of carboxylic acids is 1. The maximum atomic E-state index is 12.3. The summed E-state index contributed by atoms with van der Waals surface area (Å²) in [6, 6.07) is 1.66. The predicted molar refractivity (Wildman–Crippen MR) is 82.9 cm³/mol. The fraction of sp³-hybridized carbons (Fsp3) is 0.688. The third-order valence-electron chi connectivity index (χ3n) is 4.38. The lowest BCUT2D eigenvalue weighted by atomic mass is 9.89. The van der Waals surface area contributed by atoms with Gasteiger partial charge < -0.3 is 14.9 Å². The summed E-state index contributed by atoms with van der Waals surface area (Å²) in [6.07, 6.45) is 2.82. The molecule has 0 atom stereocenters. The molecule has 1 aromatic rings. The molecule has 6 heteroatoms. The van der Waals surface area contributed by atoms with Crippen LogP contribution in [-0.4, -0.2) is 27.7 Å². The molecule has 0 spiro atoms. The van der Waals surface area contributed by atoms with Crippen molar-refractivity contribution in [3.05, 3.63) is 17.5 Å². The Bertz CT molecular complexity index is 502. The monoisotopic (exact) mass is 310 g/mol. The Labute approximate surface area is 131 Å². The number of aliphatic carboxylic acids is 1. The van der Waals surface area contributed by atoms with Crippen molar-refractivity contribution in [2.45, 2.75) is 71.3 Å². The van der Waals surface area contributed by atoms with Gasteiger partial charge in [0.15, 0.2) is 0 Å². The average molecular weight is 310 g/mol. The number of nitrogens with zero attached hydrogens (tertiary/aromatic N) is 1. The molecule has 0 aromatic carbocycles. The van der Waals surface area contributed by atoms with Crippen molar-refractivity contribution in [3.8, 4) is 0 Å². The van der Waals surface area contributed by atoms with Crippen LogP contribution in [0.25, 0.3) is 0 Å². The highest BCUT2D eigenvalue weighted by Crippen LogP contribution is 2.24. The molecule has 0 saturated carbocycles. The Balaban J connectivity index is 2.89. The second kappa shape index (κ2) is 7.96. The van der Waals surface area contributed by atoms with E-state index in [-0.39, 0.29) is 18.1 Å². The smallest absolute Gasteiger partial charge is 0.305 e. The van der Waals surface area contributed by atoms with Crippen molar-refractivity contribution in [3.63, 3.8) is 0 Å². The van der Waals surface area contributed by atoms with Crippen molar-refractivity contribution in [1.82, 2.24) is 10.5 Å². The van der Waals surface area contributed by atoms with E-state index in [1.165, 1.54) is 0 Å². The number of aromatic nitrogens is 1. The fourth-order valence-electron chi connectivity index (χ4n) is 2.61. The molecule has 6 nitrogen and oxygen atoms in total. The molecule has 1 heterocycles. The first-order valence-electron chi connectivity index (χ1n) is 7.92. The van der Waals surface area contributed by atoms with Crippen LogP contribution < -0.4 is 5.32 Å². The fourth-order valence-corrected chi connectivity index (χ4v) is 2.61. The number of nitrogens with one attached hydrogen (secondary N) is 1. The van der Waals surface area contributed by atoms with Gasteiger partial charge in [0.05, 0.1) is 17.7 Å². The lowest BCUT2D eigenvalue weighted by molar-refractivity contribution is -0.138. The third kappa shape index (κ3) is 4.32. The van der Waals surface area contributed by atoms with E-state index in [0.717, 1.165) is 18.5 Å². The maximum absolute atomic E-state index is 12.3. The highest BCUT2D eigenvalue weighted by Gasteiger charge is 2.32. The molecule has 0 aliphatic carbocycles. The van der Waals surface area contributed by atoms with Gasteiger partial charge in [-0.3, -0.25) is 9.59 Å². The van der Waals surface area contributed by atoms with Gasteiger partial charge in [-0.2, -0.15) is 0 Å². The van der Waals surface area contributed by atoms with E-state index in [1.807, 2.05) is 13.8 Å². The van der Waals surface area contributed by atoms with Crippen LogP contribution in [0.5, 0.6) is 0 Å². The molecule has 124 valence electrons. The number of hydrogen-bond acceptors (Lipinski definition) is 4. The second-order valence-corrected chi connectivity index (χ2v) is 5.64. The van der Waals surface area contributed by atoms with Crippen molar-refractivity contribution in [2.75, 3.05) is 0 Å². The number of rotatable bonds is 9. The van der Waals surface area contributed by atoms with Gasteiger partial charge in [-0.25, -0.2) is 0 Å². The Hall–Kier alpha value is -1.85. The lowest BCUT2D eigenvalue weighted by Gasteiger charge is -2.30. The van der Waals surface area contributed by atoms with E-state index in [0.29, 0.717) is 12.8 Å². The molecule has 0 bridgehead atoms. The lowest BCUT2D eigenvalue weighted by Crippen LogP contribution is -2.49. The molecule has 1 aromatic heterocycles. The van der Waals surface area contributed by atoms with Crippen LogP contribution in [0.3, 0.4) is 0 Å². The zero-order chi connectivity index (χ0) is 16.8. The summed E-state index contributed by atoms with van der Waals surface area (Å²) in [5.74, 6) is -0.932. The maximum Gasteiger partial charge on any atom is 0.305 e. The SMILES string of the molecule is CCC(CC)c1cc(C(=O)NC(CC)(CC)CC(=O)O)on1. The van der Waals surface area contributed by atoms with Gasteiger partial charge in [0, 0.05) is 12.0 Å². The highest BCUT2D eigenvalue weighted by atomic mass is 16.5. The minimum atomic E-state index is -0.931. The zero-order valence-electron chi connectivity index (χ0n) is 13.8. The number of hydrogen-bond donors (Lipinski definition) is 2. The van der Waals surface area contributed by atoms with Crippen molar-refractivity contribution >= 4 is 11.9 Å². The summed E-state index contributed by atoms with van der Waals surface area (Å²) >= 11 is 0. The predicted octanol–water partition coefficient (Wildman–Crippen LogP) is 3.34. The number of carbonyl (C=O) groups is 2. The molecule has 0 aliphatic rings. The van der Waals surface area contributed by atoms with Crippen molar-refractivity contribution in [2.24, 2.45) is 0 Å². The van der Waals surface area contributed by atoms with Gasteiger partial charge in [-0.15, -0.1) is 0 Å². The van der Waals surface area contributed by atoms with Crippen LogP contribution in [0.1, 0.15) is 82.0 Å². The van der Waals surface area contributed by atoms with Gasteiger partial charge in [0.2, 0.25) is 5.76 Å². The topological polar surface area (TPSA) is 92.4 Å². The molecule has 1 rings (SSSR count). The quantitative estimate of drug-likeness (QED) is 0.729. The molecule has 2 N–H and O–H groups in total. The summed E-state index contributed by atoms with van der Waals surface area (Å²) in [7, 11) is 0. The van der Waals surface area contributed by atoms with Crippen molar-refractivity contribution in [1.29, 1.82) is 0 Å². The van der Waals surface area contributed by atoms with E-state index in [4.69, 9.17) is 9.63 Å². The van der Waals surface area contributed by atoms with Gasteiger partial charge in [-0.1, -0.05) is 32.9 Å². The second-order valence-electron chi connectivity index (χ2n) is 5.64. The molecule has 0 unspecified atom stereocenters. The molecule has 0 aliphatic heterocycles. The molecular weight excluding hydrogens is 284 g/mol. The van der Waals surface area contributed by atoms with Crippen LogP contribution in [0.2, 0.25) is 0 Å². The normalized spacial score (nSPS) is 11.7. The van der Waals surface area contributed by atoms with E-state index in [2.05, 4.69) is 24.3 Å². The first kappa shape index (κ1) is 18.2. The number of carbonyl (C=O) groups excluding carboxylic acids is 1. The molecule has 1 amide bonds. The standard InChI is InChI=1S/C16H26N2O4/c1-5-11(6-2)12-9-13(22-18-12)15(21)17-16(7-3,8-4)10-14(19)20/h9,11H,5-8,10H2,1-4H3,(H,17,21)(H,19,20). The van der Waals surface area contributed by atoms with Crippen LogP contribution in [0, 0.1) is 0 Å². The molecular formula is C16H26N2O4. The Morgan fingerprint density at radius 3 is 2.32 bits per heavy atom. The summed E-state index contributed by atoms with van der Waals surface area (Å²) in [6.45, 7) is 7.86. The Morgan fingerprint density at radius 2 is 1.86 bits per heavy atom. The summed E-state index contributed by atoms with van der Waals surface area (Å²) in [4.78, 5) is 23.4. The Morgan fingerprint density at radius 1 is 1.27 bits per heavy atom. The average Bonchev–Trinajstić information content (AvgIpc) is 2.97. The Kier molecular flexibility index (Phi) is 6.59. The van der Waals surface area contributed by atoms with E-state index in [9.17, 15) is 9.59 Å². The number of amides is 1. The van der Waals surface area contributed by atoms with E-state index >= 15 is 0 Å². The number of carboxylic acid groups (broad SMARTS) is 1. The molecule has 0 saturated heterocycles. The van der Waals surface area contributed by atoms with Crippen LogP contribution in [-0.2, 0) is 4.79 Å². The highest BCUT2D eigenvalue weighted by molar-refractivity contribution is 5.92. The summed E-state index contributed by atoms with van der Waals surface area (Å²) in [5.41, 5.74) is 0.0112. The van der Waals surface area contributed by atoms with E-state index in [1.54, 1.807) is 6.07 Å². The minimum absolute atomic E-state index is 0.112. The largest absolute Gasteiger partial charge is 0.481 e. The summed E-state index contributed by atoms with van der Waals surface area (Å²) in [5, 5.41) is 15.8. The van der Waals surface area contributed by atoms with Crippen LogP contribution >= 0.6 is 0 Å². The van der Waals surface area contributed by atoms with Gasteiger partial charge in [0.25, 0.3) is 5.91 Å². The van der Waals surface area contributed by atoms with Crippen LogP contribution in [0.4, 0.5) is 0 Å². The minimum Gasteiger partial charge on any atom is -0.481 e. The summed E-state index contributed by atoms with van der Waals surface area (Å²) < 4.78 is 5.14. The first-order valence-corrected chi connectivity index (χ1v) is 7.92.